The Bertz CT molecular complexity index is 1340. The van der Waals surface area contributed by atoms with E-state index in [9.17, 15) is 13.2 Å². The molecule has 7 nitrogen and oxygen atoms in total. The summed E-state index contributed by atoms with van der Waals surface area (Å²) in [5.41, 5.74) is 3.63. The van der Waals surface area contributed by atoms with Crippen LogP contribution in [0, 0.1) is 0 Å². The third kappa shape index (κ3) is 5.19. The van der Waals surface area contributed by atoms with E-state index in [4.69, 9.17) is 4.42 Å². The number of benzene rings is 3. The van der Waals surface area contributed by atoms with Crippen molar-refractivity contribution < 1.29 is 17.6 Å². The molecule has 8 heteroatoms. The Morgan fingerprint density at radius 1 is 0.879 bits per heavy atom. The Morgan fingerprint density at radius 3 is 2.24 bits per heavy atom. The molecule has 166 valence electrons. The highest BCUT2D eigenvalue weighted by Gasteiger charge is 2.28. The van der Waals surface area contributed by atoms with Gasteiger partial charge in [0.1, 0.15) is 5.76 Å². The van der Waals surface area contributed by atoms with Gasteiger partial charge in [-0.15, -0.1) is 0 Å². The van der Waals surface area contributed by atoms with Gasteiger partial charge in [-0.1, -0.05) is 60.7 Å². The summed E-state index contributed by atoms with van der Waals surface area (Å²) >= 11 is 0. The molecular formula is C25H21N3O4S. The average Bonchev–Trinajstić information content (AvgIpc) is 3.37. The number of anilines is 1. The van der Waals surface area contributed by atoms with E-state index in [2.05, 4.69) is 10.5 Å². The van der Waals surface area contributed by atoms with Crippen molar-refractivity contribution in [3.8, 4) is 0 Å². The zero-order valence-electron chi connectivity index (χ0n) is 17.5. The van der Waals surface area contributed by atoms with Crippen LogP contribution in [0.25, 0.3) is 0 Å². The van der Waals surface area contributed by atoms with E-state index in [0.29, 0.717) is 5.76 Å². The molecule has 0 bridgehead atoms. The Morgan fingerprint density at radius 2 is 1.55 bits per heavy atom. The summed E-state index contributed by atoms with van der Waals surface area (Å²) in [5.74, 6) is -0.0734. The zero-order chi connectivity index (χ0) is 23.1. The molecule has 0 saturated heterocycles. The maximum absolute atomic E-state index is 13.6. The second-order valence-corrected chi connectivity index (χ2v) is 8.90. The number of carbonyl (C=O) groups excluding carboxylic acids is 1. The van der Waals surface area contributed by atoms with Crippen molar-refractivity contribution in [1.29, 1.82) is 0 Å². The molecule has 0 aliphatic heterocycles. The first-order valence-electron chi connectivity index (χ1n) is 10.1. The molecule has 4 rings (SSSR count). The lowest BCUT2D eigenvalue weighted by Gasteiger charge is -2.26. The molecule has 1 aromatic heterocycles. The Balaban J connectivity index is 1.72. The van der Waals surface area contributed by atoms with Gasteiger partial charge in [0.2, 0.25) is 0 Å². The van der Waals surface area contributed by atoms with Crippen LogP contribution in [0.5, 0.6) is 0 Å². The number of hydrogen-bond acceptors (Lipinski definition) is 5. The predicted octanol–water partition coefficient (Wildman–Crippen LogP) is 4.44. The number of para-hydroxylation sites is 1. The summed E-state index contributed by atoms with van der Waals surface area (Å²) in [6.45, 7) is 0.0536. The molecular weight excluding hydrogens is 438 g/mol. The van der Waals surface area contributed by atoms with Gasteiger partial charge < -0.3 is 4.42 Å². The normalized spacial score (nSPS) is 11.4. The van der Waals surface area contributed by atoms with Gasteiger partial charge in [-0.3, -0.25) is 9.10 Å². The molecule has 0 atom stereocenters. The van der Waals surface area contributed by atoms with Gasteiger partial charge >= 0.3 is 0 Å². The number of sulfonamides is 1. The van der Waals surface area contributed by atoms with Crippen LogP contribution in [0.2, 0.25) is 0 Å². The van der Waals surface area contributed by atoms with Crippen molar-refractivity contribution in [3.63, 3.8) is 0 Å². The number of furan rings is 1. The SMILES string of the molecule is O=C(N/N=C/c1ccco1)c1ccccc1N(Cc1ccccc1)S(=O)(=O)c1ccccc1. The Labute approximate surface area is 192 Å². The number of rotatable bonds is 8. The van der Waals surface area contributed by atoms with Crippen molar-refractivity contribution in [1.82, 2.24) is 5.43 Å². The lowest BCUT2D eigenvalue weighted by Crippen LogP contribution is -2.33. The quantitative estimate of drug-likeness (QED) is 0.311. The molecule has 3 aromatic carbocycles. The van der Waals surface area contributed by atoms with Crippen LogP contribution in [0.1, 0.15) is 21.7 Å². The first-order valence-corrected chi connectivity index (χ1v) is 11.6. The maximum Gasteiger partial charge on any atom is 0.273 e. The molecule has 0 radical (unpaired) electrons. The van der Waals surface area contributed by atoms with E-state index < -0.39 is 15.9 Å². The molecule has 0 unspecified atom stereocenters. The first-order chi connectivity index (χ1) is 16.1. The van der Waals surface area contributed by atoms with Crippen LogP contribution in [0.3, 0.4) is 0 Å². The number of carbonyl (C=O) groups is 1. The van der Waals surface area contributed by atoms with Crippen LogP contribution in [0.15, 0.2) is 118 Å². The minimum absolute atomic E-state index is 0.0536. The monoisotopic (exact) mass is 459 g/mol. The summed E-state index contributed by atoms with van der Waals surface area (Å²) in [4.78, 5) is 13.1. The number of nitrogens with zero attached hydrogens (tertiary/aromatic N) is 2. The van der Waals surface area contributed by atoms with Crippen molar-refractivity contribution >= 4 is 27.8 Å². The number of hydrazone groups is 1. The second-order valence-electron chi connectivity index (χ2n) is 7.04. The minimum Gasteiger partial charge on any atom is -0.463 e. The van der Waals surface area contributed by atoms with Gasteiger partial charge in [0.25, 0.3) is 15.9 Å². The molecule has 1 heterocycles. The van der Waals surface area contributed by atoms with E-state index >= 15 is 0 Å². The van der Waals surface area contributed by atoms with E-state index in [0.717, 1.165) is 5.56 Å². The van der Waals surface area contributed by atoms with Crippen LogP contribution in [-0.4, -0.2) is 20.5 Å². The molecule has 4 aromatic rings. The zero-order valence-corrected chi connectivity index (χ0v) is 18.4. The van der Waals surface area contributed by atoms with Crippen LogP contribution >= 0.6 is 0 Å². The fraction of sp³-hybridized carbons (Fsp3) is 0.0400. The van der Waals surface area contributed by atoms with Gasteiger partial charge in [0.05, 0.1) is 35.2 Å². The highest BCUT2D eigenvalue weighted by atomic mass is 32.2. The highest BCUT2D eigenvalue weighted by molar-refractivity contribution is 7.92. The molecule has 1 amide bonds. The fourth-order valence-corrected chi connectivity index (χ4v) is 4.72. The maximum atomic E-state index is 13.6. The van der Waals surface area contributed by atoms with Gasteiger partial charge in [0.15, 0.2) is 0 Å². The molecule has 33 heavy (non-hydrogen) atoms. The highest BCUT2D eigenvalue weighted by Crippen LogP contribution is 2.29. The third-order valence-corrected chi connectivity index (χ3v) is 6.59. The van der Waals surface area contributed by atoms with Gasteiger partial charge in [-0.25, -0.2) is 13.8 Å². The van der Waals surface area contributed by atoms with Crippen molar-refractivity contribution in [2.24, 2.45) is 5.10 Å². The Kier molecular flexibility index (Phi) is 6.66. The summed E-state index contributed by atoms with van der Waals surface area (Å²) < 4.78 is 33.7. The summed E-state index contributed by atoms with van der Waals surface area (Å²) in [6.07, 6.45) is 2.86. The van der Waals surface area contributed by atoms with Crippen LogP contribution < -0.4 is 9.73 Å². The van der Waals surface area contributed by atoms with E-state index in [1.807, 2.05) is 30.3 Å². The lowest BCUT2D eigenvalue weighted by atomic mass is 10.1. The predicted molar refractivity (Wildman–Crippen MR) is 126 cm³/mol. The molecule has 0 aliphatic carbocycles. The number of nitrogens with one attached hydrogen (secondary N) is 1. The van der Waals surface area contributed by atoms with Crippen LogP contribution in [-0.2, 0) is 16.6 Å². The fourth-order valence-electron chi connectivity index (χ4n) is 3.23. The smallest absolute Gasteiger partial charge is 0.273 e. The van der Waals surface area contributed by atoms with Crippen molar-refractivity contribution in [3.05, 3.63) is 120 Å². The molecule has 0 aliphatic rings. The summed E-state index contributed by atoms with van der Waals surface area (Å²) in [6, 6.07) is 27.3. The minimum atomic E-state index is -3.96. The number of hydrogen-bond donors (Lipinski definition) is 1. The molecule has 1 N–H and O–H groups in total. The number of amides is 1. The average molecular weight is 460 g/mol. The standard InChI is InChI=1S/C25H21N3O4S/c29-25(27-26-18-21-12-9-17-32-21)23-15-7-8-16-24(23)28(19-20-10-3-1-4-11-20)33(30,31)22-13-5-2-6-14-22/h1-18H,19H2,(H,27,29)/b26-18+. The van der Waals surface area contributed by atoms with Crippen molar-refractivity contribution in [2.45, 2.75) is 11.4 Å². The third-order valence-electron chi connectivity index (χ3n) is 4.82. The van der Waals surface area contributed by atoms with Crippen molar-refractivity contribution in [2.75, 3.05) is 4.31 Å². The lowest BCUT2D eigenvalue weighted by molar-refractivity contribution is 0.0955. The molecule has 0 spiro atoms. The van der Waals surface area contributed by atoms with Gasteiger partial charge in [-0.05, 0) is 42.0 Å². The van der Waals surface area contributed by atoms with Gasteiger partial charge in [0, 0.05) is 0 Å². The Hall–Kier alpha value is -4.17. The molecule has 0 saturated carbocycles. The van der Waals surface area contributed by atoms with E-state index in [-0.39, 0.29) is 22.7 Å². The molecule has 0 fully saturated rings. The van der Waals surface area contributed by atoms with Crippen LogP contribution in [0.4, 0.5) is 5.69 Å². The summed E-state index contributed by atoms with van der Waals surface area (Å²) in [5, 5.41) is 3.91. The first kappa shape index (κ1) is 22.0. The van der Waals surface area contributed by atoms with E-state index in [1.54, 1.807) is 54.6 Å². The topological polar surface area (TPSA) is 92.0 Å². The second kappa shape index (κ2) is 9.97. The van der Waals surface area contributed by atoms with Gasteiger partial charge in [-0.2, -0.15) is 5.10 Å². The van der Waals surface area contributed by atoms with E-state index in [1.165, 1.54) is 28.9 Å². The summed E-state index contributed by atoms with van der Waals surface area (Å²) in [7, 11) is -3.96. The largest absolute Gasteiger partial charge is 0.463 e.